The molecule has 0 unspecified atom stereocenters. The Morgan fingerprint density at radius 1 is 1.18 bits per heavy atom. The van der Waals surface area contributed by atoms with Gasteiger partial charge < -0.3 is 10.2 Å². The maximum absolute atomic E-state index is 5.85. The number of benzene rings is 1. The fourth-order valence-corrected chi connectivity index (χ4v) is 2.90. The number of oxazole rings is 1. The zero-order valence-corrected chi connectivity index (χ0v) is 10.7. The largest absolute Gasteiger partial charge is 0.440 e. The Morgan fingerprint density at radius 3 is 2.41 bits per heavy atom. The monoisotopic (exact) mass is 230 g/mol. The van der Waals surface area contributed by atoms with Crippen LogP contribution in [-0.2, 0) is 0 Å². The van der Waals surface area contributed by atoms with Gasteiger partial charge in [0.2, 0.25) is 0 Å². The normalized spacial score (nSPS) is 21.9. The third-order valence-corrected chi connectivity index (χ3v) is 4.70. The average Bonchev–Trinajstić information content (AvgIpc) is 2.56. The number of nitrogen functional groups attached to an aromatic ring is 1. The molecule has 3 rings (SSSR count). The number of fused-ring (bicyclic) bond motifs is 1. The van der Waals surface area contributed by atoms with Crippen molar-refractivity contribution in [3.63, 3.8) is 0 Å². The van der Waals surface area contributed by atoms with Crippen LogP contribution in [0.3, 0.4) is 0 Å². The van der Waals surface area contributed by atoms with E-state index in [1.165, 1.54) is 0 Å². The molecule has 0 atom stereocenters. The van der Waals surface area contributed by atoms with Crippen molar-refractivity contribution in [3.8, 4) is 0 Å². The van der Waals surface area contributed by atoms with Gasteiger partial charge in [-0.25, -0.2) is 4.98 Å². The average molecular weight is 230 g/mol. The highest BCUT2D eigenvalue weighted by atomic mass is 16.3. The van der Waals surface area contributed by atoms with Gasteiger partial charge >= 0.3 is 0 Å². The first-order valence-corrected chi connectivity index (χ1v) is 6.00. The highest BCUT2D eigenvalue weighted by Gasteiger charge is 2.67. The van der Waals surface area contributed by atoms with Crippen LogP contribution in [0.4, 0.5) is 5.69 Å². The standard InChI is InChI=1S/C14H18N2O/c1-13(2)11(14(13,3)4)12-16-9-6-5-8(15)7-10(9)17-12/h5-7,11H,15H2,1-4H3. The molecular weight excluding hydrogens is 212 g/mol. The maximum atomic E-state index is 5.85. The van der Waals surface area contributed by atoms with Crippen molar-refractivity contribution in [2.45, 2.75) is 33.6 Å². The second kappa shape index (κ2) is 2.84. The Labute approximate surface area is 101 Å². The summed E-state index contributed by atoms with van der Waals surface area (Å²) in [5, 5.41) is 0. The molecular formula is C14H18N2O. The lowest BCUT2D eigenvalue weighted by molar-refractivity contribution is 0.457. The van der Waals surface area contributed by atoms with Crippen LogP contribution in [0.15, 0.2) is 22.6 Å². The van der Waals surface area contributed by atoms with Gasteiger partial charge in [0.1, 0.15) is 5.52 Å². The van der Waals surface area contributed by atoms with E-state index >= 15 is 0 Å². The summed E-state index contributed by atoms with van der Waals surface area (Å²) in [4.78, 5) is 4.58. The SMILES string of the molecule is CC1(C)C(c2nc3ccc(N)cc3o2)C1(C)C. The Kier molecular flexibility index (Phi) is 1.77. The lowest BCUT2D eigenvalue weighted by Crippen LogP contribution is -1.95. The first kappa shape index (κ1) is 10.6. The first-order chi connectivity index (χ1) is 7.84. The van der Waals surface area contributed by atoms with Gasteiger partial charge in [-0.05, 0) is 23.0 Å². The van der Waals surface area contributed by atoms with Gasteiger partial charge in [-0.15, -0.1) is 0 Å². The van der Waals surface area contributed by atoms with Crippen molar-refractivity contribution in [1.29, 1.82) is 0 Å². The summed E-state index contributed by atoms with van der Waals surface area (Å²) >= 11 is 0. The summed E-state index contributed by atoms with van der Waals surface area (Å²) in [6.45, 7) is 9.06. The number of hydrogen-bond acceptors (Lipinski definition) is 3. The van der Waals surface area contributed by atoms with E-state index in [2.05, 4.69) is 32.7 Å². The van der Waals surface area contributed by atoms with E-state index in [0.29, 0.717) is 5.92 Å². The molecule has 0 saturated heterocycles. The number of aromatic nitrogens is 1. The number of hydrogen-bond donors (Lipinski definition) is 1. The quantitative estimate of drug-likeness (QED) is 0.762. The van der Waals surface area contributed by atoms with E-state index in [9.17, 15) is 0 Å². The molecule has 3 heteroatoms. The van der Waals surface area contributed by atoms with Crippen LogP contribution in [0.1, 0.15) is 39.5 Å². The van der Waals surface area contributed by atoms with Crippen LogP contribution in [0.5, 0.6) is 0 Å². The highest BCUT2D eigenvalue weighted by molar-refractivity contribution is 5.76. The third kappa shape index (κ3) is 1.25. The molecule has 1 heterocycles. The van der Waals surface area contributed by atoms with Crippen molar-refractivity contribution < 1.29 is 4.42 Å². The van der Waals surface area contributed by atoms with Crippen molar-refractivity contribution in [2.75, 3.05) is 5.73 Å². The minimum Gasteiger partial charge on any atom is -0.440 e. The zero-order chi connectivity index (χ0) is 12.4. The van der Waals surface area contributed by atoms with E-state index in [1.807, 2.05) is 18.2 Å². The second-order valence-corrected chi connectivity index (χ2v) is 6.16. The Morgan fingerprint density at radius 2 is 1.82 bits per heavy atom. The summed E-state index contributed by atoms with van der Waals surface area (Å²) in [5.41, 5.74) is 8.65. The summed E-state index contributed by atoms with van der Waals surface area (Å²) in [6.07, 6.45) is 0. The van der Waals surface area contributed by atoms with Crippen LogP contribution in [0, 0.1) is 10.8 Å². The van der Waals surface area contributed by atoms with Gasteiger partial charge in [0, 0.05) is 17.7 Å². The van der Waals surface area contributed by atoms with Crippen LogP contribution in [-0.4, -0.2) is 4.98 Å². The fraction of sp³-hybridized carbons (Fsp3) is 0.500. The van der Waals surface area contributed by atoms with Crippen LogP contribution >= 0.6 is 0 Å². The Balaban J connectivity index is 2.09. The molecule has 17 heavy (non-hydrogen) atoms. The maximum Gasteiger partial charge on any atom is 0.199 e. The number of nitrogens with two attached hydrogens (primary N) is 1. The van der Waals surface area contributed by atoms with E-state index in [0.717, 1.165) is 22.7 Å². The molecule has 1 aliphatic carbocycles. The smallest absolute Gasteiger partial charge is 0.199 e. The van der Waals surface area contributed by atoms with Gasteiger partial charge in [-0.3, -0.25) is 0 Å². The molecule has 3 nitrogen and oxygen atoms in total. The van der Waals surface area contributed by atoms with E-state index in [1.54, 1.807) is 0 Å². The molecule has 0 spiro atoms. The molecule has 2 N–H and O–H groups in total. The summed E-state index contributed by atoms with van der Waals surface area (Å²) < 4.78 is 5.85. The van der Waals surface area contributed by atoms with E-state index < -0.39 is 0 Å². The molecule has 1 aromatic carbocycles. The second-order valence-electron chi connectivity index (χ2n) is 6.16. The van der Waals surface area contributed by atoms with Gasteiger partial charge in [0.15, 0.2) is 11.5 Å². The fourth-order valence-electron chi connectivity index (χ4n) is 2.90. The summed E-state index contributed by atoms with van der Waals surface area (Å²) in [6, 6.07) is 5.62. The van der Waals surface area contributed by atoms with Crippen molar-refractivity contribution in [2.24, 2.45) is 10.8 Å². The molecule has 1 aromatic heterocycles. The molecule has 1 fully saturated rings. The molecule has 0 bridgehead atoms. The molecule has 0 aliphatic heterocycles. The predicted octanol–water partition coefficient (Wildman–Crippen LogP) is 3.56. The minimum atomic E-state index is 0.249. The van der Waals surface area contributed by atoms with Crippen LogP contribution < -0.4 is 5.73 Å². The number of anilines is 1. The van der Waals surface area contributed by atoms with Crippen LogP contribution in [0.2, 0.25) is 0 Å². The van der Waals surface area contributed by atoms with Crippen molar-refractivity contribution in [1.82, 2.24) is 4.98 Å². The van der Waals surface area contributed by atoms with Gasteiger partial charge in [0.05, 0.1) is 0 Å². The molecule has 1 aliphatic rings. The molecule has 1 saturated carbocycles. The molecule has 0 amide bonds. The highest BCUT2D eigenvalue weighted by Crippen LogP contribution is 2.73. The van der Waals surface area contributed by atoms with Crippen molar-refractivity contribution in [3.05, 3.63) is 24.1 Å². The first-order valence-electron chi connectivity index (χ1n) is 6.00. The van der Waals surface area contributed by atoms with E-state index in [4.69, 9.17) is 10.2 Å². The minimum absolute atomic E-state index is 0.249. The lowest BCUT2D eigenvalue weighted by Gasteiger charge is -2.03. The Hall–Kier alpha value is -1.51. The summed E-state index contributed by atoms with van der Waals surface area (Å²) in [5.74, 6) is 1.24. The molecule has 2 aromatic rings. The number of rotatable bonds is 1. The zero-order valence-electron chi connectivity index (χ0n) is 10.7. The molecule has 0 radical (unpaired) electrons. The predicted molar refractivity (Wildman–Crippen MR) is 68.7 cm³/mol. The number of nitrogens with zero attached hydrogens (tertiary/aromatic N) is 1. The van der Waals surface area contributed by atoms with Gasteiger partial charge in [0.25, 0.3) is 0 Å². The van der Waals surface area contributed by atoms with E-state index in [-0.39, 0.29) is 10.8 Å². The lowest BCUT2D eigenvalue weighted by atomic mass is 10.0. The van der Waals surface area contributed by atoms with Crippen molar-refractivity contribution >= 4 is 16.8 Å². The van der Waals surface area contributed by atoms with Crippen LogP contribution in [0.25, 0.3) is 11.1 Å². The Bertz CT molecular complexity index is 581. The van der Waals surface area contributed by atoms with Gasteiger partial charge in [-0.1, -0.05) is 27.7 Å². The van der Waals surface area contributed by atoms with Gasteiger partial charge in [-0.2, -0.15) is 0 Å². The third-order valence-electron chi connectivity index (χ3n) is 4.70. The topological polar surface area (TPSA) is 52.0 Å². The molecule has 90 valence electrons. The summed E-state index contributed by atoms with van der Waals surface area (Å²) in [7, 11) is 0.